The van der Waals surface area contributed by atoms with Crippen molar-refractivity contribution in [3.8, 4) is 5.75 Å². The predicted molar refractivity (Wildman–Crippen MR) is 88.7 cm³/mol. The molecule has 0 saturated carbocycles. The van der Waals surface area contributed by atoms with Crippen molar-refractivity contribution >= 4 is 52.1 Å². The van der Waals surface area contributed by atoms with Gasteiger partial charge in [-0.2, -0.15) is 0 Å². The Hall–Kier alpha value is -2.02. The molecule has 0 heterocycles. The van der Waals surface area contributed by atoms with Gasteiger partial charge in [0.05, 0.1) is 20.7 Å². The SMILES string of the molecule is O=C(COc1ccc([N+](=O)[O-])cc1Cl)Nc1cc(Cl)ccc1Cl. The Bertz CT molecular complexity index is 768. The van der Waals surface area contributed by atoms with Crippen LogP contribution >= 0.6 is 34.8 Å². The van der Waals surface area contributed by atoms with Gasteiger partial charge >= 0.3 is 0 Å². The number of nitro benzene ring substituents is 1. The Balaban J connectivity index is 1.99. The van der Waals surface area contributed by atoms with Crippen molar-refractivity contribution in [2.75, 3.05) is 11.9 Å². The molecule has 0 fully saturated rings. The van der Waals surface area contributed by atoms with Crippen LogP contribution in [0.3, 0.4) is 0 Å². The molecule has 2 aromatic carbocycles. The highest BCUT2D eigenvalue weighted by Crippen LogP contribution is 2.29. The molecule has 9 heteroatoms. The summed E-state index contributed by atoms with van der Waals surface area (Å²) in [5.74, 6) is -0.326. The summed E-state index contributed by atoms with van der Waals surface area (Å²) in [6.07, 6.45) is 0. The third-order valence-corrected chi connectivity index (χ3v) is 3.55. The lowest BCUT2D eigenvalue weighted by Gasteiger charge is -2.10. The van der Waals surface area contributed by atoms with Gasteiger partial charge in [-0.15, -0.1) is 0 Å². The highest BCUT2D eigenvalue weighted by atomic mass is 35.5. The van der Waals surface area contributed by atoms with Gasteiger partial charge in [-0.25, -0.2) is 0 Å². The van der Waals surface area contributed by atoms with E-state index in [1.54, 1.807) is 12.1 Å². The highest BCUT2D eigenvalue weighted by molar-refractivity contribution is 6.35. The summed E-state index contributed by atoms with van der Waals surface area (Å²) in [5.41, 5.74) is 0.181. The number of hydrogen-bond acceptors (Lipinski definition) is 4. The zero-order chi connectivity index (χ0) is 17.0. The van der Waals surface area contributed by atoms with E-state index in [-0.39, 0.29) is 23.1 Å². The monoisotopic (exact) mass is 374 g/mol. The zero-order valence-electron chi connectivity index (χ0n) is 11.4. The maximum Gasteiger partial charge on any atom is 0.271 e. The second-order valence-corrected chi connectivity index (χ2v) is 5.58. The van der Waals surface area contributed by atoms with Gasteiger partial charge in [0.15, 0.2) is 6.61 Å². The summed E-state index contributed by atoms with van der Waals surface area (Å²) < 4.78 is 5.23. The Morgan fingerprint density at radius 2 is 1.87 bits per heavy atom. The molecule has 0 saturated heterocycles. The van der Waals surface area contributed by atoms with Crippen LogP contribution in [0.1, 0.15) is 0 Å². The van der Waals surface area contributed by atoms with Crippen LogP contribution in [-0.4, -0.2) is 17.4 Å². The molecule has 0 atom stereocenters. The highest BCUT2D eigenvalue weighted by Gasteiger charge is 2.12. The number of carbonyl (C=O) groups is 1. The van der Waals surface area contributed by atoms with E-state index in [2.05, 4.69) is 5.32 Å². The van der Waals surface area contributed by atoms with E-state index in [0.717, 1.165) is 6.07 Å². The molecule has 0 aromatic heterocycles. The number of nitrogens with one attached hydrogen (secondary N) is 1. The van der Waals surface area contributed by atoms with E-state index in [1.807, 2.05) is 0 Å². The number of nitro groups is 1. The number of non-ortho nitro benzene ring substituents is 1. The maximum atomic E-state index is 11.8. The smallest absolute Gasteiger partial charge is 0.271 e. The van der Waals surface area contributed by atoms with Crippen LogP contribution < -0.4 is 10.1 Å². The fraction of sp³-hybridized carbons (Fsp3) is 0.0714. The lowest BCUT2D eigenvalue weighted by atomic mass is 10.3. The van der Waals surface area contributed by atoms with Gasteiger partial charge in [0, 0.05) is 17.2 Å². The molecule has 1 N–H and O–H groups in total. The third-order valence-electron chi connectivity index (χ3n) is 2.69. The minimum Gasteiger partial charge on any atom is -0.482 e. The van der Waals surface area contributed by atoms with Crippen LogP contribution in [-0.2, 0) is 4.79 Å². The number of benzene rings is 2. The number of nitrogens with zero attached hydrogens (tertiary/aromatic N) is 1. The summed E-state index contributed by atoms with van der Waals surface area (Å²) in [7, 11) is 0. The molecule has 0 spiro atoms. The largest absolute Gasteiger partial charge is 0.482 e. The van der Waals surface area contributed by atoms with Gasteiger partial charge in [-0.1, -0.05) is 34.8 Å². The van der Waals surface area contributed by atoms with Gasteiger partial charge in [-0.05, 0) is 24.3 Å². The van der Waals surface area contributed by atoms with Crippen molar-refractivity contribution in [1.82, 2.24) is 0 Å². The molecule has 0 aliphatic rings. The van der Waals surface area contributed by atoms with Crippen molar-refractivity contribution in [3.05, 3.63) is 61.6 Å². The third kappa shape index (κ3) is 4.72. The Kier molecular flexibility index (Phi) is 5.65. The Morgan fingerprint density at radius 1 is 1.13 bits per heavy atom. The molecule has 0 bridgehead atoms. The van der Waals surface area contributed by atoms with Gasteiger partial charge in [-0.3, -0.25) is 14.9 Å². The minimum atomic E-state index is -0.580. The molecule has 0 aliphatic carbocycles. The molecule has 0 aliphatic heterocycles. The molecule has 0 unspecified atom stereocenters. The number of hydrogen-bond donors (Lipinski definition) is 1. The number of amides is 1. The second kappa shape index (κ2) is 7.50. The van der Waals surface area contributed by atoms with E-state index in [1.165, 1.54) is 18.2 Å². The van der Waals surface area contributed by atoms with Crippen molar-refractivity contribution in [2.45, 2.75) is 0 Å². The fourth-order valence-corrected chi connectivity index (χ4v) is 2.21. The fourth-order valence-electron chi connectivity index (χ4n) is 1.64. The summed E-state index contributed by atoms with van der Waals surface area (Å²) in [4.78, 5) is 21.9. The van der Waals surface area contributed by atoms with E-state index in [4.69, 9.17) is 39.5 Å². The molecule has 120 valence electrons. The van der Waals surface area contributed by atoms with E-state index in [0.29, 0.717) is 15.7 Å². The van der Waals surface area contributed by atoms with E-state index in [9.17, 15) is 14.9 Å². The average molecular weight is 376 g/mol. The predicted octanol–water partition coefficient (Wildman–Crippen LogP) is 4.57. The van der Waals surface area contributed by atoms with Crippen molar-refractivity contribution < 1.29 is 14.5 Å². The first kappa shape index (κ1) is 17.3. The number of halogens is 3. The van der Waals surface area contributed by atoms with Crippen LogP contribution in [0.15, 0.2) is 36.4 Å². The Labute approximate surface area is 146 Å². The minimum absolute atomic E-state index is 0.0350. The maximum absolute atomic E-state index is 11.8. The van der Waals surface area contributed by atoms with Crippen LogP contribution in [0.4, 0.5) is 11.4 Å². The molecule has 2 rings (SSSR count). The first-order valence-electron chi connectivity index (χ1n) is 6.18. The normalized spacial score (nSPS) is 10.2. The number of rotatable bonds is 5. The summed E-state index contributed by atoms with van der Waals surface area (Å²) >= 11 is 17.6. The molecule has 6 nitrogen and oxygen atoms in total. The summed E-state index contributed by atoms with van der Waals surface area (Å²) in [5, 5.41) is 13.9. The lowest BCUT2D eigenvalue weighted by molar-refractivity contribution is -0.384. The van der Waals surface area contributed by atoms with Crippen LogP contribution in [0.5, 0.6) is 5.75 Å². The molecule has 0 radical (unpaired) electrons. The molecular formula is C14H9Cl3N2O4. The average Bonchev–Trinajstić information content (AvgIpc) is 2.49. The van der Waals surface area contributed by atoms with Gasteiger partial charge in [0.2, 0.25) is 0 Å². The molecule has 2 aromatic rings. The van der Waals surface area contributed by atoms with Gasteiger partial charge in [0.25, 0.3) is 11.6 Å². The van der Waals surface area contributed by atoms with Crippen molar-refractivity contribution in [3.63, 3.8) is 0 Å². The number of ether oxygens (including phenoxy) is 1. The molecule has 23 heavy (non-hydrogen) atoms. The van der Waals surface area contributed by atoms with E-state index >= 15 is 0 Å². The number of carbonyl (C=O) groups excluding carboxylic acids is 1. The lowest BCUT2D eigenvalue weighted by Crippen LogP contribution is -2.20. The first-order valence-corrected chi connectivity index (χ1v) is 7.32. The second-order valence-electron chi connectivity index (χ2n) is 4.33. The van der Waals surface area contributed by atoms with Crippen LogP contribution in [0.2, 0.25) is 15.1 Å². The Morgan fingerprint density at radius 3 is 2.52 bits per heavy atom. The number of anilines is 1. The molecule has 1 amide bonds. The quantitative estimate of drug-likeness (QED) is 0.613. The topological polar surface area (TPSA) is 81.5 Å². The summed E-state index contributed by atoms with van der Waals surface area (Å²) in [6, 6.07) is 8.33. The van der Waals surface area contributed by atoms with Gasteiger partial charge < -0.3 is 10.1 Å². The first-order chi connectivity index (χ1) is 10.9. The van der Waals surface area contributed by atoms with Crippen molar-refractivity contribution in [1.29, 1.82) is 0 Å². The standard InChI is InChI=1S/C14H9Cl3N2O4/c15-8-1-3-10(16)12(5-8)18-14(20)7-23-13-4-2-9(19(21)22)6-11(13)17/h1-6H,7H2,(H,18,20). The van der Waals surface area contributed by atoms with Crippen molar-refractivity contribution in [2.24, 2.45) is 0 Å². The zero-order valence-corrected chi connectivity index (χ0v) is 13.7. The van der Waals surface area contributed by atoms with Gasteiger partial charge in [0.1, 0.15) is 5.75 Å². The summed E-state index contributed by atoms with van der Waals surface area (Å²) in [6.45, 7) is -0.347. The van der Waals surface area contributed by atoms with Crippen LogP contribution in [0.25, 0.3) is 0 Å². The van der Waals surface area contributed by atoms with Crippen LogP contribution in [0, 0.1) is 10.1 Å². The van der Waals surface area contributed by atoms with E-state index < -0.39 is 10.8 Å². The molecular weight excluding hydrogens is 367 g/mol.